The normalized spacial score (nSPS) is 31.6. The molecule has 1 aliphatic carbocycles. The van der Waals surface area contributed by atoms with Gasteiger partial charge in [-0.1, -0.05) is 19.8 Å². The molecule has 2 N–H and O–H groups in total. The Morgan fingerprint density at radius 3 is 2.77 bits per heavy atom. The average molecular weight is 203 g/mol. The van der Waals surface area contributed by atoms with E-state index in [-0.39, 0.29) is 6.10 Å². The van der Waals surface area contributed by atoms with Gasteiger partial charge >= 0.3 is 0 Å². The molecule has 1 fully saturated rings. The summed E-state index contributed by atoms with van der Waals surface area (Å²) in [5.41, 5.74) is 0. The first kappa shape index (κ1) is 11.3. The van der Waals surface area contributed by atoms with Gasteiger partial charge in [0.15, 0.2) is 0 Å². The standard InChI is InChI=1S/C10H21NOS/c1-8(13-2)7-11-9-5-3-4-6-10(9)12/h8-12H,3-7H2,1-2H3/t8?,9-,10-/m0/s1. The summed E-state index contributed by atoms with van der Waals surface area (Å²) in [6, 6.07) is 0.350. The maximum Gasteiger partial charge on any atom is 0.0693 e. The van der Waals surface area contributed by atoms with Gasteiger partial charge in [-0.2, -0.15) is 11.8 Å². The molecule has 3 atom stereocenters. The molecule has 2 nitrogen and oxygen atoms in total. The molecule has 0 bridgehead atoms. The molecule has 0 amide bonds. The van der Waals surface area contributed by atoms with Crippen LogP contribution in [0.4, 0.5) is 0 Å². The molecule has 0 aromatic rings. The largest absolute Gasteiger partial charge is 0.392 e. The second kappa shape index (κ2) is 5.89. The molecule has 0 aromatic carbocycles. The lowest BCUT2D eigenvalue weighted by Gasteiger charge is -2.29. The number of hydrogen-bond acceptors (Lipinski definition) is 3. The number of thioether (sulfide) groups is 1. The fraction of sp³-hybridized carbons (Fsp3) is 1.00. The van der Waals surface area contributed by atoms with E-state index in [1.54, 1.807) is 0 Å². The summed E-state index contributed by atoms with van der Waals surface area (Å²) in [4.78, 5) is 0. The Balaban J connectivity index is 2.18. The third-order valence-corrected chi connectivity index (χ3v) is 3.77. The Labute approximate surface area is 85.5 Å². The Hall–Kier alpha value is 0.270. The molecule has 0 heterocycles. The summed E-state index contributed by atoms with van der Waals surface area (Å²) in [7, 11) is 0. The molecule has 1 aliphatic rings. The minimum Gasteiger partial charge on any atom is -0.392 e. The van der Waals surface area contributed by atoms with E-state index in [0.29, 0.717) is 11.3 Å². The van der Waals surface area contributed by atoms with Crippen LogP contribution in [0.2, 0.25) is 0 Å². The highest BCUT2D eigenvalue weighted by atomic mass is 32.2. The van der Waals surface area contributed by atoms with Crippen LogP contribution in [0, 0.1) is 0 Å². The van der Waals surface area contributed by atoms with E-state index in [4.69, 9.17) is 0 Å². The van der Waals surface area contributed by atoms with Gasteiger partial charge in [-0.15, -0.1) is 0 Å². The van der Waals surface area contributed by atoms with Crippen molar-refractivity contribution < 1.29 is 5.11 Å². The second-order valence-corrected chi connectivity index (χ2v) is 5.19. The maximum atomic E-state index is 9.69. The van der Waals surface area contributed by atoms with Gasteiger partial charge in [0.1, 0.15) is 0 Å². The maximum absolute atomic E-state index is 9.69. The van der Waals surface area contributed by atoms with Crippen LogP contribution in [0.25, 0.3) is 0 Å². The lowest BCUT2D eigenvalue weighted by atomic mass is 9.92. The SMILES string of the molecule is CSC(C)CN[C@H]1CCCC[C@@H]1O. The van der Waals surface area contributed by atoms with E-state index in [1.165, 1.54) is 12.8 Å². The fourth-order valence-electron chi connectivity index (χ4n) is 1.75. The zero-order valence-electron chi connectivity index (χ0n) is 8.62. The molecule has 1 unspecified atom stereocenters. The number of nitrogens with one attached hydrogen (secondary N) is 1. The predicted octanol–water partition coefficient (Wildman–Crippen LogP) is 1.63. The van der Waals surface area contributed by atoms with Crippen molar-refractivity contribution in [2.24, 2.45) is 0 Å². The van der Waals surface area contributed by atoms with Gasteiger partial charge < -0.3 is 10.4 Å². The van der Waals surface area contributed by atoms with Crippen molar-refractivity contribution in [2.45, 2.75) is 50.0 Å². The first-order valence-corrected chi connectivity index (χ1v) is 6.47. The van der Waals surface area contributed by atoms with E-state index in [2.05, 4.69) is 18.5 Å². The Kier molecular flexibility index (Phi) is 5.14. The summed E-state index contributed by atoms with van der Waals surface area (Å²) in [5, 5.41) is 13.8. The van der Waals surface area contributed by atoms with Gasteiger partial charge in [-0.3, -0.25) is 0 Å². The predicted molar refractivity (Wildman–Crippen MR) is 59.2 cm³/mol. The van der Waals surface area contributed by atoms with Crippen molar-refractivity contribution in [3.63, 3.8) is 0 Å². The highest BCUT2D eigenvalue weighted by Gasteiger charge is 2.22. The summed E-state index contributed by atoms with van der Waals surface area (Å²) >= 11 is 1.87. The molecule has 1 rings (SSSR count). The van der Waals surface area contributed by atoms with Crippen LogP contribution in [0.1, 0.15) is 32.6 Å². The molecule has 13 heavy (non-hydrogen) atoms. The number of hydrogen-bond donors (Lipinski definition) is 2. The molecule has 0 saturated heterocycles. The molecule has 0 aromatic heterocycles. The summed E-state index contributed by atoms with van der Waals surface area (Å²) in [6.07, 6.45) is 6.60. The second-order valence-electron chi connectivity index (χ2n) is 3.91. The van der Waals surface area contributed by atoms with E-state index in [0.717, 1.165) is 19.4 Å². The van der Waals surface area contributed by atoms with Crippen molar-refractivity contribution in [2.75, 3.05) is 12.8 Å². The minimum atomic E-state index is -0.109. The van der Waals surface area contributed by atoms with Crippen molar-refractivity contribution in [3.05, 3.63) is 0 Å². The Morgan fingerprint density at radius 1 is 1.46 bits per heavy atom. The van der Waals surface area contributed by atoms with Gasteiger partial charge in [0, 0.05) is 17.8 Å². The van der Waals surface area contributed by atoms with E-state index in [9.17, 15) is 5.11 Å². The number of aliphatic hydroxyl groups excluding tert-OH is 1. The molecule has 0 aliphatic heterocycles. The molecular formula is C10H21NOS. The highest BCUT2D eigenvalue weighted by molar-refractivity contribution is 7.99. The molecule has 3 heteroatoms. The van der Waals surface area contributed by atoms with E-state index >= 15 is 0 Å². The first-order valence-electron chi connectivity index (χ1n) is 5.18. The zero-order valence-corrected chi connectivity index (χ0v) is 9.44. The van der Waals surface area contributed by atoms with Crippen LogP contribution in [0.5, 0.6) is 0 Å². The zero-order chi connectivity index (χ0) is 9.68. The topological polar surface area (TPSA) is 32.3 Å². The lowest BCUT2D eigenvalue weighted by molar-refractivity contribution is 0.0914. The third kappa shape index (κ3) is 3.88. The van der Waals surface area contributed by atoms with Crippen molar-refractivity contribution in [1.29, 1.82) is 0 Å². The molecule has 0 spiro atoms. The molecule has 1 saturated carbocycles. The van der Waals surface area contributed by atoms with E-state index in [1.807, 2.05) is 11.8 Å². The van der Waals surface area contributed by atoms with Gasteiger partial charge in [-0.05, 0) is 19.1 Å². The first-order chi connectivity index (χ1) is 6.24. The van der Waals surface area contributed by atoms with Gasteiger partial charge in [0.05, 0.1) is 6.10 Å². The number of rotatable bonds is 4. The fourth-order valence-corrected chi connectivity index (χ4v) is 2.01. The van der Waals surface area contributed by atoms with Crippen molar-refractivity contribution >= 4 is 11.8 Å². The molecule has 0 radical (unpaired) electrons. The Morgan fingerprint density at radius 2 is 2.15 bits per heavy atom. The Bertz CT molecular complexity index is 143. The van der Waals surface area contributed by atoms with Crippen LogP contribution in [-0.4, -0.2) is 35.3 Å². The van der Waals surface area contributed by atoms with Crippen LogP contribution in [-0.2, 0) is 0 Å². The minimum absolute atomic E-state index is 0.109. The molecular weight excluding hydrogens is 182 g/mol. The summed E-state index contributed by atoms with van der Waals surface area (Å²) < 4.78 is 0. The quantitative estimate of drug-likeness (QED) is 0.728. The summed E-state index contributed by atoms with van der Waals surface area (Å²) in [5.74, 6) is 0. The summed E-state index contributed by atoms with van der Waals surface area (Å²) in [6.45, 7) is 3.23. The van der Waals surface area contributed by atoms with Crippen LogP contribution in [0.3, 0.4) is 0 Å². The van der Waals surface area contributed by atoms with E-state index < -0.39 is 0 Å². The van der Waals surface area contributed by atoms with Crippen LogP contribution >= 0.6 is 11.8 Å². The van der Waals surface area contributed by atoms with Crippen molar-refractivity contribution in [1.82, 2.24) is 5.32 Å². The third-order valence-electron chi connectivity index (χ3n) is 2.80. The smallest absolute Gasteiger partial charge is 0.0693 e. The average Bonchev–Trinajstić information content (AvgIpc) is 2.16. The van der Waals surface area contributed by atoms with Crippen LogP contribution < -0.4 is 5.32 Å². The van der Waals surface area contributed by atoms with Crippen LogP contribution in [0.15, 0.2) is 0 Å². The number of aliphatic hydroxyl groups is 1. The highest BCUT2D eigenvalue weighted by Crippen LogP contribution is 2.18. The van der Waals surface area contributed by atoms with Crippen molar-refractivity contribution in [3.8, 4) is 0 Å². The monoisotopic (exact) mass is 203 g/mol. The van der Waals surface area contributed by atoms with Gasteiger partial charge in [-0.25, -0.2) is 0 Å². The lowest BCUT2D eigenvalue weighted by Crippen LogP contribution is -2.44. The van der Waals surface area contributed by atoms with Gasteiger partial charge in [0.25, 0.3) is 0 Å². The molecule has 78 valence electrons. The van der Waals surface area contributed by atoms with Gasteiger partial charge in [0.2, 0.25) is 0 Å².